The van der Waals surface area contributed by atoms with Crippen molar-refractivity contribution >= 4 is 5.91 Å². The largest absolute Gasteiger partial charge is 0.393 e. The van der Waals surface area contributed by atoms with E-state index in [1.54, 1.807) is 0 Å². The zero-order valence-corrected chi connectivity index (χ0v) is 13.8. The molecule has 0 aromatic heterocycles. The van der Waals surface area contributed by atoms with Crippen molar-refractivity contribution in [1.82, 2.24) is 14.7 Å². The van der Waals surface area contributed by atoms with Crippen molar-refractivity contribution < 1.29 is 9.90 Å². The number of nitrogens with zero attached hydrogens (tertiary/aromatic N) is 3. The Morgan fingerprint density at radius 2 is 1.95 bits per heavy atom. The molecule has 5 heteroatoms. The van der Waals surface area contributed by atoms with E-state index in [0.717, 1.165) is 58.5 Å². The summed E-state index contributed by atoms with van der Waals surface area (Å²) >= 11 is 0. The lowest BCUT2D eigenvalue weighted by molar-refractivity contribution is -0.138. The second-order valence-electron chi connectivity index (χ2n) is 6.63. The van der Waals surface area contributed by atoms with E-state index < -0.39 is 0 Å². The van der Waals surface area contributed by atoms with Gasteiger partial charge in [0.2, 0.25) is 5.91 Å². The van der Waals surface area contributed by atoms with Gasteiger partial charge in [-0.15, -0.1) is 0 Å². The lowest BCUT2D eigenvalue weighted by Gasteiger charge is -2.37. The van der Waals surface area contributed by atoms with Gasteiger partial charge in [-0.05, 0) is 39.3 Å². The van der Waals surface area contributed by atoms with E-state index in [9.17, 15) is 9.90 Å². The first-order chi connectivity index (χ1) is 10.0. The normalized spacial score (nSPS) is 29.1. The van der Waals surface area contributed by atoms with Crippen LogP contribution in [-0.4, -0.2) is 84.2 Å². The number of piperazine rings is 1. The number of aliphatic hydroxyl groups excluding tert-OH is 1. The van der Waals surface area contributed by atoms with Gasteiger partial charge in [0, 0.05) is 32.7 Å². The molecule has 2 rings (SSSR count). The summed E-state index contributed by atoms with van der Waals surface area (Å²) in [5.41, 5.74) is 0. The van der Waals surface area contributed by atoms with E-state index in [1.165, 1.54) is 0 Å². The molecule has 1 amide bonds. The van der Waals surface area contributed by atoms with Crippen molar-refractivity contribution in [2.24, 2.45) is 5.92 Å². The van der Waals surface area contributed by atoms with E-state index in [-0.39, 0.29) is 18.1 Å². The molecule has 0 spiro atoms. The number of amides is 1. The zero-order chi connectivity index (χ0) is 15.4. The minimum atomic E-state index is -0.178. The third-order valence-electron chi connectivity index (χ3n) is 5.29. The minimum absolute atomic E-state index is 0.0917. The van der Waals surface area contributed by atoms with Gasteiger partial charge >= 0.3 is 0 Å². The van der Waals surface area contributed by atoms with Crippen molar-refractivity contribution in [1.29, 1.82) is 0 Å². The first-order valence-electron chi connectivity index (χ1n) is 8.42. The second kappa shape index (κ2) is 7.56. The molecule has 1 saturated carbocycles. The molecule has 2 aliphatic rings. The van der Waals surface area contributed by atoms with Gasteiger partial charge in [0.25, 0.3) is 0 Å². The Morgan fingerprint density at radius 3 is 2.48 bits per heavy atom. The average molecular weight is 297 g/mol. The molecule has 2 fully saturated rings. The zero-order valence-electron chi connectivity index (χ0n) is 13.8. The van der Waals surface area contributed by atoms with Crippen molar-refractivity contribution in [2.45, 2.75) is 45.3 Å². The SMILES string of the molecule is CCN1CCN(C(=O)C(C)N(C)CC2CCCC2O)CC1. The van der Waals surface area contributed by atoms with Crippen molar-refractivity contribution in [2.75, 3.05) is 46.3 Å². The van der Waals surface area contributed by atoms with Crippen molar-refractivity contribution in [3.63, 3.8) is 0 Å². The molecule has 1 heterocycles. The molecule has 3 atom stereocenters. The monoisotopic (exact) mass is 297 g/mol. The van der Waals surface area contributed by atoms with Gasteiger partial charge in [-0.1, -0.05) is 13.3 Å². The molecule has 1 aliphatic carbocycles. The molecule has 0 aromatic carbocycles. The summed E-state index contributed by atoms with van der Waals surface area (Å²) in [6.45, 7) is 9.71. The summed E-state index contributed by atoms with van der Waals surface area (Å²) in [4.78, 5) is 19.1. The van der Waals surface area contributed by atoms with Crippen LogP contribution in [0, 0.1) is 5.92 Å². The summed E-state index contributed by atoms with van der Waals surface area (Å²) in [6, 6.07) is -0.0917. The fourth-order valence-corrected chi connectivity index (χ4v) is 3.50. The number of aliphatic hydroxyl groups is 1. The maximum atomic E-state index is 12.6. The lowest BCUT2D eigenvalue weighted by atomic mass is 10.0. The van der Waals surface area contributed by atoms with Crippen LogP contribution in [0.2, 0.25) is 0 Å². The standard InChI is InChI=1S/C16H31N3O2/c1-4-18-8-10-19(11-9-18)16(21)13(2)17(3)12-14-6-5-7-15(14)20/h13-15,20H,4-12H2,1-3H3. The van der Waals surface area contributed by atoms with Crippen LogP contribution in [0.5, 0.6) is 0 Å². The quantitative estimate of drug-likeness (QED) is 0.809. The van der Waals surface area contributed by atoms with Crippen LogP contribution in [0.4, 0.5) is 0 Å². The first kappa shape index (κ1) is 16.7. The molecule has 1 aliphatic heterocycles. The minimum Gasteiger partial charge on any atom is -0.393 e. The molecule has 122 valence electrons. The van der Waals surface area contributed by atoms with E-state index in [0.29, 0.717) is 5.92 Å². The topological polar surface area (TPSA) is 47.0 Å². The summed E-state index contributed by atoms with van der Waals surface area (Å²) in [7, 11) is 2.01. The Balaban J connectivity index is 1.81. The average Bonchev–Trinajstić information content (AvgIpc) is 2.91. The molecule has 5 nitrogen and oxygen atoms in total. The van der Waals surface area contributed by atoms with E-state index in [1.807, 2.05) is 18.9 Å². The maximum Gasteiger partial charge on any atom is 0.239 e. The highest BCUT2D eigenvalue weighted by Gasteiger charge is 2.31. The molecule has 1 N–H and O–H groups in total. The number of hydrogen-bond acceptors (Lipinski definition) is 4. The third-order valence-corrected chi connectivity index (χ3v) is 5.29. The number of hydrogen-bond donors (Lipinski definition) is 1. The third kappa shape index (κ3) is 4.18. The molecule has 21 heavy (non-hydrogen) atoms. The summed E-state index contributed by atoms with van der Waals surface area (Å²) in [6.07, 6.45) is 2.94. The van der Waals surface area contributed by atoms with Crippen LogP contribution in [0.3, 0.4) is 0 Å². The van der Waals surface area contributed by atoms with Crippen LogP contribution in [0.15, 0.2) is 0 Å². The number of likely N-dealkylation sites (N-methyl/N-ethyl adjacent to an activating group) is 2. The van der Waals surface area contributed by atoms with Gasteiger partial charge in [-0.2, -0.15) is 0 Å². The number of carbonyl (C=O) groups excluding carboxylic acids is 1. The number of rotatable bonds is 5. The lowest BCUT2D eigenvalue weighted by Crippen LogP contribution is -2.54. The van der Waals surface area contributed by atoms with Gasteiger partial charge < -0.3 is 14.9 Å². The molecule has 3 unspecified atom stereocenters. The summed E-state index contributed by atoms with van der Waals surface area (Å²) in [5.74, 6) is 0.572. The van der Waals surface area contributed by atoms with Crippen LogP contribution in [-0.2, 0) is 4.79 Å². The van der Waals surface area contributed by atoms with Crippen LogP contribution in [0.25, 0.3) is 0 Å². The van der Waals surface area contributed by atoms with Gasteiger partial charge in [-0.3, -0.25) is 9.69 Å². The molecular weight excluding hydrogens is 266 g/mol. The van der Waals surface area contributed by atoms with Crippen molar-refractivity contribution in [3.8, 4) is 0 Å². The highest BCUT2D eigenvalue weighted by Crippen LogP contribution is 2.26. The van der Waals surface area contributed by atoms with Crippen LogP contribution < -0.4 is 0 Å². The number of carbonyl (C=O) groups is 1. The Bertz CT molecular complexity index is 342. The Kier molecular flexibility index (Phi) is 6.02. The van der Waals surface area contributed by atoms with Crippen molar-refractivity contribution in [3.05, 3.63) is 0 Å². The van der Waals surface area contributed by atoms with Gasteiger partial charge in [0.1, 0.15) is 0 Å². The van der Waals surface area contributed by atoms with Crippen LogP contribution >= 0.6 is 0 Å². The Labute approximate surface area is 128 Å². The summed E-state index contributed by atoms with van der Waals surface area (Å²) < 4.78 is 0. The van der Waals surface area contributed by atoms with Gasteiger partial charge in [0.05, 0.1) is 12.1 Å². The highest BCUT2D eigenvalue weighted by atomic mass is 16.3. The summed E-state index contributed by atoms with van der Waals surface area (Å²) in [5, 5.41) is 9.94. The molecule has 0 bridgehead atoms. The molecule has 0 radical (unpaired) electrons. The first-order valence-corrected chi connectivity index (χ1v) is 8.42. The van der Waals surface area contributed by atoms with Gasteiger partial charge in [0.15, 0.2) is 0 Å². The highest BCUT2D eigenvalue weighted by molar-refractivity contribution is 5.81. The predicted octanol–water partition coefficient (Wildman–Crippen LogP) is 0.632. The Hall–Kier alpha value is -0.650. The van der Waals surface area contributed by atoms with Gasteiger partial charge in [-0.25, -0.2) is 0 Å². The molecule has 1 saturated heterocycles. The van der Waals surface area contributed by atoms with E-state index >= 15 is 0 Å². The molecule has 0 aromatic rings. The van der Waals surface area contributed by atoms with E-state index in [4.69, 9.17) is 0 Å². The fraction of sp³-hybridized carbons (Fsp3) is 0.938. The molecular formula is C16H31N3O2. The fourth-order valence-electron chi connectivity index (χ4n) is 3.50. The van der Waals surface area contributed by atoms with Crippen LogP contribution in [0.1, 0.15) is 33.1 Å². The second-order valence-corrected chi connectivity index (χ2v) is 6.63. The van der Waals surface area contributed by atoms with E-state index in [2.05, 4.69) is 16.7 Å². The smallest absolute Gasteiger partial charge is 0.239 e. The maximum absolute atomic E-state index is 12.6. The predicted molar refractivity (Wildman–Crippen MR) is 84.1 cm³/mol. The Morgan fingerprint density at radius 1 is 1.29 bits per heavy atom.